The first-order valence-corrected chi connectivity index (χ1v) is 10.1. The summed E-state index contributed by atoms with van der Waals surface area (Å²) in [6, 6.07) is 9.32. The maximum atomic E-state index is 14.8. The van der Waals surface area contributed by atoms with Crippen LogP contribution >= 0.6 is 0 Å². The van der Waals surface area contributed by atoms with Crippen LogP contribution in [-0.4, -0.2) is 23.4 Å². The normalized spacial score (nSPS) is 11.7. The molecule has 0 saturated carbocycles. The zero-order valence-corrected chi connectivity index (χ0v) is 16.3. The maximum Gasteiger partial charge on any atom is 0.261 e. The molecule has 0 spiro atoms. The molecule has 4 rings (SSSR count). The van der Waals surface area contributed by atoms with Crippen LogP contribution in [0.15, 0.2) is 53.7 Å². The summed E-state index contributed by atoms with van der Waals surface area (Å²) in [7, 11) is -4.07. The van der Waals surface area contributed by atoms with Gasteiger partial charge in [0.15, 0.2) is 0 Å². The van der Waals surface area contributed by atoms with E-state index < -0.39 is 21.7 Å². The van der Waals surface area contributed by atoms with Gasteiger partial charge in [0.2, 0.25) is 0 Å². The Bertz CT molecular complexity index is 1350. The molecule has 29 heavy (non-hydrogen) atoms. The number of nitrogens with zero attached hydrogens (tertiary/aromatic N) is 2. The van der Waals surface area contributed by atoms with E-state index in [0.29, 0.717) is 22.3 Å². The lowest BCUT2D eigenvalue weighted by Crippen LogP contribution is -2.13. The molecule has 0 aliphatic rings. The van der Waals surface area contributed by atoms with E-state index in [-0.39, 0.29) is 16.1 Å². The van der Waals surface area contributed by atoms with Crippen molar-refractivity contribution >= 4 is 26.7 Å². The number of halogens is 2. The number of H-pyrrole nitrogens is 1. The minimum Gasteiger partial charge on any atom is -0.343 e. The van der Waals surface area contributed by atoms with Crippen LogP contribution in [-0.2, 0) is 10.0 Å². The third kappa shape index (κ3) is 3.56. The van der Waals surface area contributed by atoms with Crippen molar-refractivity contribution in [2.24, 2.45) is 0 Å². The zero-order chi connectivity index (χ0) is 20.8. The lowest BCUT2D eigenvalue weighted by atomic mass is 10.1. The van der Waals surface area contributed by atoms with E-state index >= 15 is 0 Å². The van der Waals surface area contributed by atoms with Gasteiger partial charge in [0, 0.05) is 16.6 Å². The Morgan fingerprint density at radius 1 is 0.966 bits per heavy atom. The van der Waals surface area contributed by atoms with Gasteiger partial charge < -0.3 is 4.98 Å². The Labute approximate surface area is 165 Å². The van der Waals surface area contributed by atoms with Crippen LogP contribution in [0.3, 0.4) is 0 Å². The average molecular weight is 414 g/mol. The fourth-order valence-corrected chi connectivity index (χ4v) is 4.07. The van der Waals surface area contributed by atoms with Crippen molar-refractivity contribution in [2.75, 3.05) is 4.72 Å². The molecule has 0 unspecified atom stereocenters. The average Bonchev–Trinajstić information content (AvgIpc) is 3.04. The molecule has 2 aromatic carbocycles. The number of anilines is 1. The molecular weight excluding hydrogens is 398 g/mol. The van der Waals surface area contributed by atoms with Crippen molar-refractivity contribution in [1.82, 2.24) is 15.0 Å². The van der Waals surface area contributed by atoms with Crippen molar-refractivity contribution in [3.63, 3.8) is 0 Å². The summed E-state index contributed by atoms with van der Waals surface area (Å²) < 4.78 is 55.8. The number of aromatic amines is 1. The molecule has 0 aliphatic heterocycles. The summed E-state index contributed by atoms with van der Waals surface area (Å²) >= 11 is 0. The maximum absolute atomic E-state index is 14.8. The van der Waals surface area contributed by atoms with Crippen LogP contribution in [0.25, 0.3) is 22.3 Å². The quantitative estimate of drug-likeness (QED) is 0.521. The molecule has 2 aromatic heterocycles. The molecule has 9 heteroatoms. The number of nitrogens with one attached hydrogen (secondary N) is 2. The Kier molecular flexibility index (Phi) is 4.54. The second kappa shape index (κ2) is 6.93. The van der Waals surface area contributed by atoms with Gasteiger partial charge in [0.05, 0.1) is 16.3 Å². The zero-order valence-electron chi connectivity index (χ0n) is 15.5. The smallest absolute Gasteiger partial charge is 0.261 e. The fourth-order valence-electron chi connectivity index (χ4n) is 3.01. The summed E-state index contributed by atoms with van der Waals surface area (Å²) in [5.41, 5.74) is 2.39. The van der Waals surface area contributed by atoms with Gasteiger partial charge in [0.1, 0.15) is 23.6 Å². The second-order valence-electron chi connectivity index (χ2n) is 6.65. The van der Waals surface area contributed by atoms with E-state index in [1.54, 1.807) is 0 Å². The lowest BCUT2D eigenvalue weighted by Gasteiger charge is -2.11. The van der Waals surface area contributed by atoms with E-state index in [9.17, 15) is 17.2 Å². The van der Waals surface area contributed by atoms with Crippen molar-refractivity contribution in [2.45, 2.75) is 18.7 Å². The van der Waals surface area contributed by atoms with Crippen LogP contribution < -0.4 is 4.72 Å². The number of aromatic nitrogens is 3. The molecule has 0 bridgehead atoms. The number of aryl methyl sites for hydroxylation is 2. The summed E-state index contributed by atoms with van der Waals surface area (Å²) in [6.45, 7) is 3.39. The summed E-state index contributed by atoms with van der Waals surface area (Å²) in [5, 5.41) is 0.660. The summed E-state index contributed by atoms with van der Waals surface area (Å²) in [5.74, 6) is -1.29. The van der Waals surface area contributed by atoms with E-state index in [1.165, 1.54) is 37.5 Å². The van der Waals surface area contributed by atoms with Gasteiger partial charge in [-0.15, -0.1) is 0 Å². The predicted molar refractivity (Wildman–Crippen MR) is 106 cm³/mol. The molecule has 0 amide bonds. The van der Waals surface area contributed by atoms with Gasteiger partial charge in [0.25, 0.3) is 10.0 Å². The highest BCUT2D eigenvalue weighted by molar-refractivity contribution is 7.92. The molecule has 0 aliphatic carbocycles. The fraction of sp³-hybridized carbons (Fsp3) is 0.100. The number of sulfonamides is 1. The van der Waals surface area contributed by atoms with Crippen LogP contribution in [0.1, 0.15) is 11.3 Å². The van der Waals surface area contributed by atoms with E-state index in [2.05, 4.69) is 19.7 Å². The molecule has 0 radical (unpaired) electrons. The lowest BCUT2D eigenvalue weighted by molar-refractivity contribution is 0.593. The Morgan fingerprint density at radius 3 is 2.48 bits per heavy atom. The second-order valence-corrected chi connectivity index (χ2v) is 8.33. The molecule has 0 fully saturated rings. The summed E-state index contributed by atoms with van der Waals surface area (Å²) in [6.07, 6.45) is 1.33. The Hall–Kier alpha value is -3.33. The van der Waals surface area contributed by atoms with E-state index in [4.69, 9.17) is 0 Å². The monoisotopic (exact) mass is 414 g/mol. The van der Waals surface area contributed by atoms with Gasteiger partial charge >= 0.3 is 0 Å². The first-order chi connectivity index (χ1) is 13.7. The number of hydrogen-bond donors (Lipinski definition) is 2. The van der Waals surface area contributed by atoms with E-state index in [0.717, 1.165) is 17.8 Å². The van der Waals surface area contributed by atoms with Crippen molar-refractivity contribution in [3.8, 4) is 11.3 Å². The first-order valence-electron chi connectivity index (χ1n) is 8.64. The third-order valence-corrected chi connectivity index (χ3v) is 5.87. The topological polar surface area (TPSA) is 87.7 Å². The van der Waals surface area contributed by atoms with Crippen LogP contribution in [0.2, 0.25) is 0 Å². The minimum atomic E-state index is -4.07. The third-order valence-electron chi connectivity index (χ3n) is 4.49. The molecule has 2 N–H and O–H groups in total. The summed E-state index contributed by atoms with van der Waals surface area (Å²) in [4.78, 5) is 11.1. The van der Waals surface area contributed by atoms with Crippen LogP contribution in [0, 0.1) is 25.5 Å². The molecule has 6 nitrogen and oxygen atoms in total. The van der Waals surface area contributed by atoms with Gasteiger partial charge in [-0.25, -0.2) is 27.2 Å². The SMILES string of the molecule is Cc1cc2c(-c3ccc(NS(=O)(=O)c4ccc(C)c(F)c4)cc3F)ncnc2[nH]1. The van der Waals surface area contributed by atoms with Gasteiger partial charge in [-0.2, -0.15) is 0 Å². The number of benzene rings is 2. The van der Waals surface area contributed by atoms with E-state index in [1.807, 2.05) is 13.0 Å². The molecule has 2 heterocycles. The van der Waals surface area contributed by atoms with Crippen LogP contribution in [0.5, 0.6) is 0 Å². The molecule has 0 saturated heterocycles. The number of rotatable bonds is 4. The van der Waals surface area contributed by atoms with Crippen molar-refractivity contribution in [3.05, 3.63) is 71.7 Å². The number of hydrogen-bond acceptors (Lipinski definition) is 4. The number of fused-ring (bicyclic) bond motifs is 1. The highest BCUT2D eigenvalue weighted by Gasteiger charge is 2.18. The molecule has 148 valence electrons. The minimum absolute atomic E-state index is 0.0165. The Balaban J connectivity index is 1.69. The standard InChI is InChI=1S/C20H16F2N4O2S/c1-11-3-5-14(9-17(11)21)29(27,28)26-13-4-6-15(18(22)8-13)19-16-7-12(2)25-20(16)24-10-23-19/h3-10,26H,1-2H3,(H,23,24,25). The predicted octanol–water partition coefficient (Wildman–Crippen LogP) is 4.32. The highest BCUT2D eigenvalue weighted by atomic mass is 32.2. The van der Waals surface area contributed by atoms with Crippen molar-refractivity contribution in [1.29, 1.82) is 0 Å². The van der Waals surface area contributed by atoms with Gasteiger partial charge in [-0.05, 0) is 55.8 Å². The Morgan fingerprint density at radius 2 is 1.76 bits per heavy atom. The van der Waals surface area contributed by atoms with Crippen molar-refractivity contribution < 1.29 is 17.2 Å². The molecule has 4 aromatic rings. The molecule has 0 atom stereocenters. The van der Waals surface area contributed by atoms with Gasteiger partial charge in [-0.1, -0.05) is 6.07 Å². The van der Waals surface area contributed by atoms with Crippen LogP contribution in [0.4, 0.5) is 14.5 Å². The first kappa shape index (κ1) is 19.0. The molecular formula is C20H16F2N4O2S. The largest absolute Gasteiger partial charge is 0.343 e. The highest BCUT2D eigenvalue weighted by Crippen LogP contribution is 2.30. The van der Waals surface area contributed by atoms with Gasteiger partial charge in [-0.3, -0.25) is 4.72 Å².